The van der Waals surface area contributed by atoms with Crippen LogP contribution in [0.25, 0.3) is 0 Å². The summed E-state index contributed by atoms with van der Waals surface area (Å²) in [5, 5.41) is 0. The van der Waals surface area contributed by atoms with Crippen LogP contribution in [0, 0.1) is 12.7 Å². The first-order chi connectivity index (χ1) is 9.88. The van der Waals surface area contributed by atoms with E-state index in [1.807, 2.05) is 6.92 Å². The highest BCUT2D eigenvalue weighted by Gasteiger charge is 2.21. The maximum Gasteiger partial charge on any atom is 0.241 e. The van der Waals surface area contributed by atoms with Gasteiger partial charge in [0.2, 0.25) is 10.0 Å². The molecule has 1 aliphatic rings. The van der Waals surface area contributed by atoms with E-state index >= 15 is 0 Å². The second kappa shape index (κ2) is 6.83. The molecular weight excluding hydrogens is 295 g/mol. The average molecular weight is 316 g/mol. The number of benzene rings is 1. The van der Waals surface area contributed by atoms with Gasteiger partial charge in [-0.15, -0.1) is 0 Å². The van der Waals surface area contributed by atoms with Gasteiger partial charge in [0.15, 0.2) is 0 Å². The molecule has 0 radical (unpaired) electrons. The van der Waals surface area contributed by atoms with Crippen LogP contribution in [-0.4, -0.2) is 52.2 Å². The van der Waals surface area contributed by atoms with Crippen molar-refractivity contribution in [2.45, 2.75) is 24.8 Å². The Bertz CT molecular complexity index is 586. The Morgan fingerprint density at radius 3 is 2.67 bits per heavy atom. The van der Waals surface area contributed by atoms with Crippen LogP contribution in [0.5, 0.6) is 0 Å². The van der Waals surface area contributed by atoms with E-state index in [1.165, 1.54) is 12.1 Å². The lowest BCUT2D eigenvalue weighted by Gasteiger charge is -2.29. The number of rotatable bonds is 5. The molecule has 1 aromatic carbocycles. The summed E-state index contributed by atoms with van der Waals surface area (Å²) in [4.78, 5) is 2.28. The van der Waals surface area contributed by atoms with Gasteiger partial charge >= 0.3 is 0 Å². The number of nitrogens with zero attached hydrogens (tertiary/aromatic N) is 1. The zero-order chi connectivity index (χ0) is 15.5. The van der Waals surface area contributed by atoms with E-state index in [0.717, 1.165) is 19.2 Å². The van der Waals surface area contributed by atoms with E-state index in [9.17, 15) is 12.8 Å². The van der Waals surface area contributed by atoms with E-state index < -0.39 is 15.8 Å². The molecule has 7 heteroatoms. The lowest BCUT2D eigenvalue weighted by molar-refractivity contribution is 0.0354. The first-order valence-electron chi connectivity index (χ1n) is 6.97. The number of sulfonamides is 1. The molecule has 1 aliphatic heterocycles. The van der Waals surface area contributed by atoms with Crippen molar-refractivity contribution in [1.29, 1.82) is 0 Å². The number of ether oxygens (including phenoxy) is 1. The van der Waals surface area contributed by atoms with Gasteiger partial charge in [-0.1, -0.05) is 0 Å². The zero-order valence-corrected chi connectivity index (χ0v) is 13.1. The molecule has 0 amide bonds. The number of halogens is 1. The lowest BCUT2D eigenvalue weighted by atomic mass is 10.2. The van der Waals surface area contributed by atoms with Crippen LogP contribution >= 0.6 is 0 Å². The molecule has 0 unspecified atom stereocenters. The van der Waals surface area contributed by atoms with Crippen molar-refractivity contribution >= 4 is 10.0 Å². The number of hydrogen-bond donors (Lipinski definition) is 1. The van der Waals surface area contributed by atoms with Gasteiger partial charge in [0.05, 0.1) is 18.1 Å². The SMILES string of the molecule is Cc1cc(F)ccc1S(=O)(=O)N[C@H](C)CN1CCOCC1. The standard InChI is InChI=1S/C14H21FN2O3S/c1-11-9-13(15)3-4-14(11)21(18,19)16-12(2)10-17-5-7-20-8-6-17/h3-4,9,12,16H,5-8,10H2,1-2H3/t12-/m1/s1. The quantitative estimate of drug-likeness (QED) is 0.885. The van der Waals surface area contributed by atoms with Crippen LogP contribution in [0.4, 0.5) is 4.39 Å². The molecule has 1 aromatic rings. The molecule has 1 fully saturated rings. The fourth-order valence-electron chi connectivity index (χ4n) is 2.45. The van der Waals surface area contributed by atoms with E-state index in [-0.39, 0.29) is 10.9 Å². The van der Waals surface area contributed by atoms with Crippen molar-refractivity contribution in [3.8, 4) is 0 Å². The number of morpholine rings is 1. The molecule has 1 N–H and O–H groups in total. The Morgan fingerprint density at radius 2 is 2.05 bits per heavy atom. The Kier molecular flexibility index (Phi) is 5.32. The summed E-state index contributed by atoms with van der Waals surface area (Å²) >= 11 is 0. The highest BCUT2D eigenvalue weighted by atomic mass is 32.2. The van der Waals surface area contributed by atoms with E-state index in [2.05, 4.69) is 9.62 Å². The van der Waals surface area contributed by atoms with Gasteiger partial charge in [0, 0.05) is 25.7 Å². The summed E-state index contributed by atoms with van der Waals surface area (Å²) in [5.74, 6) is -0.437. The lowest BCUT2D eigenvalue weighted by Crippen LogP contribution is -2.46. The molecular formula is C14H21FN2O3S. The molecule has 5 nitrogen and oxygen atoms in total. The van der Waals surface area contributed by atoms with Gasteiger partial charge in [-0.3, -0.25) is 4.90 Å². The second-order valence-electron chi connectivity index (χ2n) is 5.35. The molecule has 0 aliphatic carbocycles. The Balaban J connectivity index is 2.02. The molecule has 118 valence electrons. The van der Waals surface area contributed by atoms with Crippen molar-refractivity contribution < 1.29 is 17.5 Å². The zero-order valence-electron chi connectivity index (χ0n) is 12.3. The Hall–Kier alpha value is -1.02. The highest BCUT2D eigenvalue weighted by Crippen LogP contribution is 2.16. The summed E-state index contributed by atoms with van der Waals surface area (Å²) in [6.07, 6.45) is 0. The van der Waals surface area contributed by atoms with Crippen LogP contribution in [0.1, 0.15) is 12.5 Å². The maximum atomic E-state index is 13.1. The molecule has 1 saturated heterocycles. The summed E-state index contributed by atoms with van der Waals surface area (Å²) in [6.45, 7) is 7.01. The first kappa shape index (κ1) is 16.4. The fourth-order valence-corrected chi connectivity index (χ4v) is 3.91. The maximum absolute atomic E-state index is 13.1. The highest BCUT2D eigenvalue weighted by molar-refractivity contribution is 7.89. The molecule has 0 spiro atoms. The van der Waals surface area contributed by atoms with E-state index in [1.54, 1.807) is 6.92 Å². The van der Waals surface area contributed by atoms with E-state index in [4.69, 9.17) is 4.74 Å². The van der Waals surface area contributed by atoms with Gasteiger partial charge < -0.3 is 4.74 Å². The first-order valence-corrected chi connectivity index (χ1v) is 8.45. The average Bonchev–Trinajstić information content (AvgIpc) is 2.38. The third-order valence-corrected chi connectivity index (χ3v) is 5.17. The van der Waals surface area contributed by atoms with Crippen molar-refractivity contribution in [3.63, 3.8) is 0 Å². The third kappa shape index (κ3) is 4.47. The van der Waals surface area contributed by atoms with Gasteiger partial charge in [0.25, 0.3) is 0 Å². The minimum absolute atomic E-state index is 0.123. The summed E-state index contributed by atoms with van der Waals surface area (Å²) in [5.41, 5.74) is 0.404. The Labute approximate surface area is 125 Å². The van der Waals surface area contributed by atoms with Crippen LogP contribution in [0.2, 0.25) is 0 Å². The normalized spacial score (nSPS) is 18.6. The fraction of sp³-hybridized carbons (Fsp3) is 0.571. The van der Waals surface area contributed by atoms with Gasteiger partial charge in [-0.25, -0.2) is 17.5 Å². The van der Waals surface area contributed by atoms with Gasteiger partial charge in [-0.2, -0.15) is 0 Å². The number of aryl methyl sites for hydroxylation is 1. The minimum Gasteiger partial charge on any atom is -0.379 e. The minimum atomic E-state index is -3.63. The van der Waals surface area contributed by atoms with Crippen LogP contribution in [0.15, 0.2) is 23.1 Å². The monoisotopic (exact) mass is 316 g/mol. The van der Waals surface area contributed by atoms with Gasteiger partial charge in [0.1, 0.15) is 5.82 Å². The van der Waals surface area contributed by atoms with Crippen LogP contribution < -0.4 is 4.72 Å². The molecule has 0 aromatic heterocycles. The predicted octanol–water partition coefficient (Wildman–Crippen LogP) is 1.13. The summed E-state index contributed by atoms with van der Waals surface area (Å²) in [6, 6.07) is 3.46. The second-order valence-corrected chi connectivity index (χ2v) is 7.03. The van der Waals surface area contributed by atoms with Crippen molar-refractivity contribution in [1.82, 2.24) is 9.62 Å². The smallest absolute Gasteiger partial charge is 0.241 e. The third-order valence-electron chi connectivity index (χ3n) is 3.42. The molecule has 1 atom stereocenters. The molecule has 0 bridgehead atoms. The molecule has 0 saturated carbocycles. The Morgan fingerprint density at radius 1 is 1.38 bits per heavy atom. The van der Waals surface area contributed by atoms with Gasteiger partial charge in [-0.05, 0) is 37.6 Å². The van der Waals surface area contributed by atoms with Crippen LogP contribution in [0.3, 0.4) is 0 Å². The molecule has 1 heterocycles. The van der Waals surface area contributed by atoms with Crippen LogP contribution in [-0.2, 0) is 14.8 Å². The summed E-state index contributed by atoms with van der Waals surface area (Å²) < 4.78 is 45.7. The van der Waals surface area contributed by atoms with Crippen molar-refractivity contribution in [2.75, 3.05) is 32.8 Å². The predicted molar refractivity (Wildman–Crippen MR) is 78.2 cm³/mol. The van der Waals surface area contributed by atoms with Crippen molar-refractivity contribution in [2.24, 2.45) is 0 Å². The van der Waals surface area contributed by atoms with Crippen molar-refractivity contribution in [3.05, 3.63) is 29.6 Å². The van der Waals surface area contributed by atoms with E-state index in [0.29, 0.717) is 25.3 Å². The largest absolute Gasteiger partial charge is 0.379 e. The molecule has 21 heavy (non-hydrogen) atoms. The topological polar surface area (TPSA) is 58.6 Å². The number of nitrogens with one attached hydrogen (secondary N) is 1. The molecule has 2 rings (SSSR count). The summed E-state index contributed by atoms with van der Waals surface area (Å²) in [7, 11) is -3.63. The number of hydrogen-bond acceptors (Lipinski definition) is 4.